The Labute approximate surface area is 66.2 Å². The van der Waals surface area contributed by atoms with Crippen molar-refractivity contribution in [3.8, 4) is 0 Å². The van der Waals surface area contributed by atoms with Gasteiger partial charge in [0, 0.05) is 0 Å². The second-order valence-electron chi connectivity index (χ2n) is 1.21. The van der Waals surface area contributed by atoms with E-state index >= 15 is 0 Å². The standard InChI is InChI=1S/C4H6BrN3O/c5-4-3-8(1-2-9)7-6-4/h3,9H,1-2H2/i1D2,2D2. The summed E-state index contributed by atoms with van der Waals surface area (Å²) in [5, 5.41) is 15.6. The minimum absolute atomic E-state index is 0.264. The first-order valence-electron chi connectivity index (χ1n) is 4.06. The number of aryl methyl sites for hydroxylation is 1. The number of aliphatic hydroxyl groups is 1. The summed E-state index contributed by atoms with van der Waals surface area (Å²) in [6.45, 7) is -5.66. The minimum Gasteiger partial charge on any atom is -0.394 e. The lowest BCUT2D eigenvalue weighted by atomic mass is 10.7. The third-order valence-electron chi connectivity index (χ3n) is 0.630. The highest BCUT2D eigenvalue weighted by Gasteiger charge is 1.92. The molecule has 50 valence electrons. The van der Waals surface area contributed by atoms with E-state index in [0.717, 1.165) is 6.20 Å². The second kappa shape index (κ2) is 2.93. The fourth-order valence-corrected chi connectivity index (χ4v) is 0.614. The summed E-state index contributed by atoms with van der Waals surface area (Å²) in [5.41, 5.74) is 0. The first kappa shape index (κ1) is 3.12. The molecule has 9 heavy (non-hydrogen) atoms. The van der Waals surface area contributed by atoms with Crippen LogP contribution in [0, 0.1) is 0 Å². The molecule has 1 N–H and O–H groups in total. The maximum Gasteiger partial charge on any atom is 0.148 e. The summed E-state index contributed by atoms with van der Waals surface area (Å²) in [6, 6.07) is 0. The summed E-state index contributed by atoms with van der Waals surface area (Å²) in [5.74, 6) is 0. The highest BCUT2D eigenvalue weighted by atomic mass is 79.9. The lowest BCUT2D eigenvalue weighted by Crippen LogP contribution is -2.01. The van der Waals surface area contributed by atoms with Gasteiger partial charge in [-0.25, -0.2) is 4.68 Å². The maximum atomic E-state index is 8.86. The molecule has 1 aromatic rings. The molecule has 1 aromatic heterocycles. The van der Waals surface area contributed by atoms with Crippen molar-refractivity contribution in [3.05, 3.63) is 10.8 Å². The molecule has 0 unspecified atom stereocenters. The lowest BCUT2D eigenvalue weighted by Gasteiger charge is -1.90. The molecule has 0 radical (unpaired) electrons. The molecule has 0 amide bonds. The van der Waals surface area contributed by atoms with E-state index in [0.29, 0.717) is 4.68 Å². The summed E-state index contributed by atoms with van der Waals surface area (Å²) < 4.78 is 28.9. The van der Waals surface area contributed by atoms with Crippen molar-refractivity contribution in [1.29, 1.82) is 0 Å². The third-order valence-corrected chi connectivity index (χ3v) is 0.993. The Hall–Kier alpha value is -0.420. The monoisotopic (exact) mass is 195 g/mol. The largest absolute Gasteiger partial charge is 0.394 e. The number of hydrogen-bond acceptors (Lipinski definition) is 3. The molecule has 0 aliphatic rings. The van der Waals surface area contributed by atoms with E-state index in [1.54, 1.807) is 0 Å². The summed E-state index contributed by atoms with van der Waals surface area (Å²) in [6.07, 6.45) is 1.13. The number of aromatic nitrogens is 3. The van der Waals surface area contributed by atoms with Crippen molar-refractivity contribution < 1.29 is 10.6 Å². The third kappa shape index (κ3) is 1.76. The molecular weight excluding hydrogens is 186 g/mol. The van der Waals surface area contributed by atoms with Crippen LogP contribution >= 0.6 is 15.9 Å². The average molecular weight is 196 g/mol. The number of halogens is 1. The van der Waals surface area contributed by atoms with Crippen molar-refractivity contribution in [2.24, 2.45) is 0 Å². The van der Waals surface area contributed by atoms with Crippen LogP contribution in [0.3, 0.4) is 0 Å². The Morgan fingerprint density at radius 1 is 2.00 bits per heavy atom. The van der Waals surface area contributed by atoms with E-state index in [2.05, 4.69) is 26.2 Å². The van der Waals surface area contributed by atoms with Gasteiger partial charge in [0.25, 0.3) is 0 Å². The van der Waals surface area contributed by atoms with Crippen LogP contribution in [-0.2, 0) is 6.50 Å². The predicted molar refractivity (Wildman–Crippen MR) is 34.8 cm³/mol. The molecule has 0 fully saturated rings. The molecule has 1 heterocycles. The summed E-state index contributed by atoms with van der Waals surface area (Å²) in [7, 11) is 0. The normalized spacial score (nSPS) is 19.8. The molecule has 0 saturated carbocycles. The first-order valence-corrected chi connectivity index (χ1v) is 2.85. The molecule has 0 aliphatic heterocycles. The summed E-state index contributed by atoms with van der Waals surface area (Å²) >= 11 is 2.93. The van der Waals surface area contributed by atoms with Gasteiger partial charge in [-0.2, -0.15) is 0 Å². The van der Waals surface area contributed by atoms with Gasteiger partial charge in [-0.3, -0.25) is 0 Å². The van der Waals surface area contributed by atoms with Crippen molar-refractivity contribution in [1.82, 2.24) is 15.0 Å². The fourth-order valence-electron chi connectivity index (χ4n) is 0.349. The van der Waals surface area contributed by atoms with Crippen LogP contribution in [0.1, 0.15) is 5.48 Å². The van der Waals surface area contributed by atoms with Crippen LogP contribution < -0.4 is 0 Å². The van der Waals surface area contributed by atoms with Crippen LogP contribution in [0.2, 0.25) is 0 Å². The van der Waals surface area contributed by atoms with Gasteiger partial charge in [-0.1, -0.05) is 5.21 Å². The van der Waals surface area contributed by atoms with Gasteiger partial charge in [-0.05, 0) is 15.9 Å². The Bertz CT molecular complexity index is 309. The SMILES string of the molecule is [2H]C([2H])(O)C([2H])([2H])n1cc(Br)nn1. The van der Waals surface area contributed by atoms with Gasteiger partial charge in [0.15, 0.2) is 0 Å². The molecule has 0 saturated heterocycles. The molecule has 0 aliphatic carbocycles. The van der Waals surface area contributed by atoms with E-state index in [1.165, 1.54) is 0 Å². The molecule has 5 heteroatoms. The zero-order valence-corrected chi connectivity index (χ0v) is 5.83. The van der Waals surface area contributed by atoms with E-state index in [9.17, 15) is 0 Å². The van der Waals surface area contributed by atoms with E-state index in [4.69, 9.17) is 10.6 Å². The average Bonchev–Trinajstić information content (AvgIpc) is 2.33. The quantitative estimate of drug-likeness (QED) is 0.726. The van der Waals surface area contributed by atoms with Gasteiger partial charge in [-0.15, -0.1) is 5.10 Å². The smallest absolute Gasteiger partial charge is 0.148 e. The number of nitrogens with zero attached hydrogens (tertiary/aromatic N) is 3. The van der Waals surface area contributed by atoms with Crippen LogP contribution in [0.5, 0.6) is 0 Å². The zero-order valence-electron chi connectivity index (χ0n) is 8.24. The first-order chi connectivity index (χ1) is 5.75. The van der Waals surface area contributed by atoms with Gasteiger partial charge >= 0.3 is 0 Å². The lowest BCUT2D eigenvalue weighted by molar-refractivity contribution is 0.268. The highest BCUT2D eigenvalue weighted by Crippen LogP contribution is 2.00. The van der Waals surface area contributed by atoms with Gasteiger partial charge in [0.05, 0.1) is 24.7 Å². The van der Waals surface area contributed by atoms with Gasteiger partial charge in [0.1, 0.15) is 4.60 Å². The molecule has 0 spiro atoms. The molecule has 4 nitrogen and oxygen atoms in total. The summed E-state index contributed by atoms with van der Waals surface area (Å²) in [4.78, 5) is 0. The molecule has 0 aromatic carbocycles. The van der Waals surface area contributed by atoms with E-state index in [1.807, 2.05) is 0 Å². The Balaban J connectivity index is 3.07. The molecule has 0 atom stereocenters. The van der Waals surface area contributed by atoms with E-state index < -0.39 is 13.1 Å². The highest BCUT2D eigenvalue weighted by molar-refractivity contribution is 9.10. The Morgan fingerprint density at radius 3 is 3.22 bits per heavy atom. The van der Waals surface area contributed by atoms with Crippen molar-refractivity contribution >= 4 is 15.9 Å². The predicted octanol–water partition coefficient (Wildman–Crippen LogP) is 0.0329. The van der Waals surface area contributed by atoms with Crippen LogP contribution in [-0.4, -0.2) is 26.7 Å². The van der Waals surface area contributed by atoms with Crippen LogP contribution in [0.25, 0.3) is 0 Å². The van der Waals surface area contributed by atoms with Crippen LogP contribution in [0.4, 0.5) is 0 Å². The number of rotatable bonds is 2. The van der Waals surface area contributed by atoms with Crippen molar-refractivity contribution in [2.45, 2.75) is 6.50 Å². The van der Waals surface area contributed by atoms with Crippen molar-refractivity contribution in [3.63, 3.8) is 0 Å². The molecule has 0 bridgehead atoms. The fraction of sp³-hybridized carbons (Fsp3) is 0.500. The molecular formula is C4H6BrN3O. The zero-order chi connectivity index (χ0) is 10.3. The second-order valence-corrected chi connectivity index (χ2v) is 2.02. The Kier molecular flexibility index (Phi) is 1.01. The minimum atomic E-state index is -3.01. The van der Waals surface area contributed by atoms with Crippen molar-refractivity contribution in [2.75, 3.05) is 6.56 Å². The van der Waals surface area contributed by atoms with Crippen LogP contribution in [0.15, 0.2) is 10.8 Å². The molecule has 1 rings (SSSR count). The van der Waals surface area contributed by atoms with Gasteiger partial charge < -0.3 is 5.11 Å². The van der Waals surface area contributed by atoms with Gasteiger partial charge in [0.2, 0.25) is 0 Å². The topological polar surface area (TPSA) is 50.9 Å². The number of hydrogen-bond donors (Lipinski definition) is 1. The van der Waals surface area contributed by atoms with E-state index in [-0.39, 0.29) is 4.60 Å². The maximum absolute atomic E-state index is 8.86. The Morgan fingerprint density at radius 2 is 2.78 bits per heavy atom.